The molecule has 0 saturated heterocycles. The first-order chi connectivity index (χ1) is 17.1. The second-order valence-corrected chi connectivity index (χ2v) is 11.7. The molecule has 1 saturated carbocycles. The topological polar surface area (TPSA) is 76.7 Å². The van der Waals surface area contributed by atoms with Crippen molar-refractivity contribution in [1.82, 2.24) is 10.6 Å². The van der Waals surface area contributed by atoms with Gasteiger partial charge in [0.1, 0.15) is 11.5 Å². The summed E-state index contributed by atoms with van der Waals surface area (Å²) < 4.78 is 13.7. The monoisotopic (exact) mass is 622 g/mol. The summed E-state index contributed by atoms with van der Waals surface area (Å²) in [6.07, 6.45) is 3.65. The normalized spacial score (nSPS) is 17.7. The Kier molecular flexibility index (Phi) is 10.7. The van der Waals surface area contributed by atoms with E-state index in [4.69, 9.17) is 9.47 Å². The summed E-state index contributed by atoms with van der Waals surface area (Å²) in [7, 11) is 0. The number of halogens is 2. The van der Waals surface area contributed by atoms with Gasteiger partial charge in [0, 0.05) is 21.0 Å². The highest BCUT2D eigenvalue weighted by Gasteiger charge is 2.28. The van der Waals surface area contributed by atoms with E-state index in [9.17, 15) is 9.59 Å². The highest BCUT2D eigenvalue weighted by atomic mass is 79.9. The maximum atomic E-state index is 12.7. The highest BCUT2D eigenvalue weighted by Crippen LogP contribution is 2.30. The molecule has 2 unspecified atom stereocenters. The van der Waals surface area contributed by atoms with Crippen LogP contribution in [0, 0.1) is 0 Å². The maximum absolute atomic E-state index is 12.7. The molecule has 1 aliphatic rings. The minimum atomic E-state index is -0.188. The van der Waals surface area contributed by atoms with Crippen LogP contribution in [0.5, 0.6) is 11.5 Å². The fourth-order valence-electron chi connectivity index (χ4n) is 4.46. The van der Waals surface area contributed by atoms with Gasteiger partial charge in [0.15, 0.2) is 13.2 Å². The van der Waals surface area contributed by atoms with Gasteiger partial charge in [0.25, 0.3) is 11.8 Å². The molecule has 0 heterocycles. The molecule has 8 heteroatoms. The Hall–Kier alpha value is -2.06. The first-order valence-electron chi connectivity index (χ1n) is 12.6. The van der Waals surface area contributed by atoms with E-state index >= 15 is 0 Å². The largest absolute Gasteiger partial charge is 0.483 e. The molecule has 3 rings (SSSR count). The number of carbonyl (C=O) groups is 2. The van der Waals surface area contributed by atoms with Gasteiger partial charge in [0.2, 0.25) is 0 Å². The summed E-state index contributed by atoms with van der Waals surface area (Å²) in [6.45, 7) is 8.23. The standard InChI is InChI=1S/C28H36Br2N2O4/c1-17(2)21-13-19(29)9-11-25(21)35-15-27(33)31-23-7-5-6-8-24(23)32-28(34)16-36-26-12-10-20(30)14-22(26)18(3)4/h9-14,17-18,23-24H,5-8,15-16H2,1-4H3,(H,31,33)(H,32,34). The van der Waals surface area contributed by atoms with Crippen molar-refractivity contribution in [2.75, 3.05) is 13.2 Å². The van der Waals surface area contributed by atoms with Gasteiger partial charge >= 0.3 is 0 Å². The number of hydrogen-bond donors (Lipinski definition) is 2. The van der Waals surface area contributed by atoms with Gasteiger partial charge in [-0.1, -0.05) is 72.4 Å². The van der Waals surface area contributed by atoms with E-state index in [1.54, 1.807) is 0 Å². The van der Waals surface area contributed by atoms with Gasteiger partial charge in [-0.25, -0.2) is 0 Å². The lowest BCUT2D eigenvalue weighted by Crippen LogP contribution is -2.54. The third kappa shape index (κ3) is 8.23. The van der Waals surface area contributed by atoms with Crippen LogP contribution in [-0.4, -0.2) is 37.1 Å². The average Bonchev–Trinajstić information content (AvgIpc) is 2.83. The fraction of sp³-hybridized carbons (Fsp3) is 0.500. The molecule has 0 aromatic heterocycles. The summed E-state index contributed by atoms with van der Waals surface area (Å²) in [6, 6.07) is 11.4. The van der Waals surface area contributed by atoms with Crippen LogP contribution in [0.3, 0.4) is 0 Å². The molecule has 2 atom stereocenters. The van der Waals surface area contributed by atoms with Gasteiger partial charge < -0.3 is 20.1 Å². The van der Waals surface area contributed by atoms with Crippen LogP contribution in [0.25, 0.3) is 0 Å². The quantitative estimate of drug-likeness (QED) is 0.318. The molecule has 2 aromatic rings. The van der Waals surface area contributed by atoms with Gasteiger partial charge in [-0.15, -0.1) is 0 Å². The number of amides is 2. The Bertz CT molecular complexity index is 974. The third-order valence-electron chi connectivity index (χ3n) is 6.36. The van der Waals surface area contributed by atoms with Crippen molar-refractivity contribution < 1.29 is 19.1 Å². The summed E-state index contributed by atoms with van der Waals surface area (Å²) in [4.78, 5) is 25.4. The molecule has 2 amide bonds. The summed E-state index contributed by atoms with van der Waals surface area (Å²) in [5, 5.41) is 6.15. The zero-order valence-electron chi connectivity index (χ0n) is 21.4. The summed E-state index contributed by atoms with van der Waals surface area (Å²) in [5.74, 6) is 1.59. The lowest BCUT2D eigenvalue weighted by Gasteiger charge is -2.32. The van der Waals surface area contributed by atoms with Gasteiger partial charge in [-0.2, -0.15) is 0 Å². The van der Waals surface area contributed by atoms with Crippen molar-refractivity contribution in [2.45, 2.75) is 77.3 Å². The zero-order valence-corrected chi connectivity index (χ0v) is 24.6. The van der Waals surface area contributed by atoms with Crippen LogP contribution in [-0.2, 0) is 9.59 Å². The molecule has 0 spiro atoms. The second kappa shape index (κ2) is 13.5. The Labute approximate surface area is 231 Å². The number of ether oxygens (including phenoxy) is 2. The Morgan fingerprint density at radius 3 is 1.53 bits per heavy atom. The second-order valence-electron chi connectivity index (χ2n) is 9.88. The van der Waals surface area contributed by atoms with Crippen molar-refractivity contribution in [3.63, 3.8) is 0 Å². The number of rotatable bonds is 10. The maximum Gasteiger partial charge on any atom is 0.258 e. The van der Waals surface area contributed by atoms with E-state index < -0.39 is 0 Å². The molecule has 196 valence electrons. The molecule has 36 heavy (non-hydrogen) atoms. The predicted octanol–water partition coefficient (Wildman–Crippen LogP) is 6.46. The lowest BCUT2D eigenvalue weighted by atomic mass is 9.90. The molecular weight excluding hydrogens is 588 g/mol. The van der Waals surface area contributed by atoms with Crippen LogP contribution in [0.15, 0.2) is 45.3 Å². The van der Waals surface area contributed by atoms with Crippen molar-refractivity contribution in [2.24, 2.45) is 0 Å². The number of carbonyl (C=O) groups excluding carboxylic acids is 2. The van der Waals surface area contributed by atoms with E-state index in [2.05, 4.69) is 70.2 Å². The number of hydrogen-bond acceptors (Lipinski definition) is 4. The molecule has 1 aliphatic carbocycles. The molecule has 0 aliphatic heterocycles. The highest BCUT2D eigenvalue weighted by molar-refractivity contribution is 9.10. The van der Waals surface area contributed by atoms with E-state index in [0.29, 0.717) is 11.5 Å². The third-order valence-corrected chi connectivity index (χ3v) is 7.35. The summed E-state index contributed by atoms with van der Waals surface area (Å²) >= 11 is 6.99. The van der Waals surface area contributed by atoms with Crippen molar-refractivity contribution >= 4 is 43.7 Å². The van der Waals surface area contributed by atoms with Crippen molar-refractivity contribution in [3.8, 4) is 11.5 Å². The molecule has 0 radical (unpaired) electrons. The van der Waals surface area contributed by atoms with Gasteiger partial charge in [-0.3, -0.25) is 9.59 Å². The minimum absolute atomic E-state index is 0.0663. The van der Waals surface area contributed by atoms with E-state index in [-0.39, 0.29) is 48.9 Å². The first-order valence-corrected chi connectivity index (χ1v) is 14.2. The SMILES string of the molecule is CC(C)c1cc(Br)ccc1OCC(=O)NC1CCCCC1NC(=O)COc1ccc(Br)cc1C(C)C. The lowest BCUT2D eigenvalue weighted by molar-refractivity contribution is -0.127. The van der Waals surface area contributed by atoms with Crippen LogP contribution < -0.4 is 20.1 Å². The van der Waals surface area contributed by atoms with Crippen LogP contribution >= 0.6 is 31.9 Å². The minimum Gasteiger partial charge on any atom is -0.483 e. The van der Waals surface area contributed by atoms with Crippen molar-refractivity contribution in [1.29, 1.82) is 0 Å². The Balaban J connectivity index is 1.53. The van der Waals surface area contributed by atoms with Gasteiger partial charge in [-0.05, 0) is 72.2 Å². The van der Waals surface area contributed by atoms with Crippen LogP contribution in [0.4, 0.5) is 0 Å². The van der Waals surface area contributed by atoms with Gasteiger partial charge in [0.05, 0.1) is 0 Å². The number of nitrogens with one attached hydrogen (secondary N) is 2. The van der Waals surface area contributed by atoms with Crippen LogP contribution in [0.1, 0.15) is 76.3 Å². The van der Waals surface area contributed by atoms with Crippen LogP contribution in [0.2, 0.25) is 0 Å². The van der Waals surface area contributed by atoms with E-state index in [1.165, 1.54) is 0 Å². The Morgan fingerprint density at radius 1 is 0.778 bits per heavy atom. The first kappa shape index (κ1) is 28.5. The smallest absolute Gasteiger partial charge is 0.258 e. The summed E-state index contributed by atoms with van der Waals surface area (Å²) in [5.41, 5.74) is 2.10. The molecular formula is C28H36Br2N2O4. The number of benzene rings is 2. The Morgan fingerprint density at radius 2 is 1.17 bits per heavy atom. The molecule has 0 bridgehead atoms. The molecule has 6 nitrogen and oxygen atoms in total. The van der Waals surface area contributed by atoms with E-state index in [1.807, 2.05) is 36.4 Å². The predicted molar refractivity (Wildman–Crippen MR) is 150 cm³/mol. The van der Waals surface area contributed by atoms with E-state index in [0.717, 1.165) is 45.8 Å². The average molecular weight is 624 g/mol. The fourth-order valence-corrected chi connectivity index (χ4v) is 5.22. The molecule has 1 fully saturated rings. The zero-order chi connectivity index (χ0) is 26.2. The molecule has 2 aromatic carbocycles. The molecule has 2 N–H and O–H groups in total. The van der Waals surface area contributed by atoms with Crippen molar-refractivity contribution in [3.05, 3.63) is 56.5 Å².